The number of hydrogen-bond donors (Lipinski definition) is 2. The van der Waals surface area contributed by atoms with E-state index in [4.69, 9.17) is 4.74 Å². The number of pyridine rings is 1. The number of halogens is 1. The molecule has 1 saturated heterocycles. The van der Waals surface area contributed by atoms with Gasteiger partial charge in [-0.3, -0.25) is 9.89 Å². The van der Waals surface area contributed by atoms with Crippen LogP contribution in [0, 0.1) is 5.82 Å². The standard InChI is InChI=1S/C21H18FN3O2/c22-15-3-1-12(2-4-15)19-16-9-14-11-23-25-18(14)10-17(16)21(26)24-20(19)13-5-7-27-8-6-13/h1-4,9-11,13H,5-8H2,(H,23,25)(H,24,26). The van der Waals surface area contributed by atoms with Crippen molar-refractivity contribution >= 4 is 21.7 Å². The van der Waals surface area contributed by atoms with Crippen LogP contribution >= 0.6 is 0 Å². The lowest BCUT2D eigenvalue weighted by Crippen LogP contribution is -2.20. The van der Waals surface area contributed by atoms with E-state index in [1.165, 1.54) is 12.1 Å². The normalized spacial score (nSPS) is 15.6. The summed E-state index contributed by atoms with van der Waals surface area (Å²) in [4.78, 5) is 16.0. The fraction of sp³-hybridized carbons (Fsp3) is 0.238. The molecule has 1 fully saturated rings. The molecule has 1 aliphatic heterocycles. The second kappa shape index (κ2) is 6.32. The van der Waals surface area contributed by atoms with Crippen LogP contribution in [0.1, 0.15) is 24.5 Å². The van der Waals surface area contributed by atoms with Crippen LogP contribution < -0.4 is 5.56 Å². The van der Waals surface area contributed by atoms with Crippen molar-refractivity contribution in [2.45, 2.75) is 18.8 Å². The van der Waals surface area contributed by atoms with Crippen molar-refractivity contribution in [2.75, 3.05) is 13.2 Å². The lowest BCUT2D eigenvalue weighted by molar-refractivity contribution is 0.0846. The van der Waals surface area contributed by atoms with Gasteiger partial charge in [0.25, 0.3) is 5.56 Å². The highest BCUT2D eigenvalue weighted by Gasteiger charge is 2.23. The quantitative estimate of drug-likeness (QED) is 0.563. The van der Waals surface area contributed by atoms with Gasteiger partial charge in [0.15, 0.2) is 0 Å². The van der Waals surface area contributed by atoms with Crippen LogP contribution in [0.5, 0.6) is 0 Å². The summed E-state index contributed by atoms with van der Waals surface area (Å²) in [7, 11) is 0. The van der Waals surface area contributed by atoms with Gasteiger partial charge in [0.2, 0.25) is 0 Å². The number of benzene rings is 2. The SMILES string of the molecule is O=c1[nH]c(C2CCOCC2)c(-c2ccc(F)cc2)c2cc3cn[nH]c3cc12. The summed E-state index contributed by atoms with van der Waals surface area (Å²) in [6.45, 7) is 1.35. The van der Waals surface area contributed by atoms with Gasteiger partial charge in [0, 0.05) is 41.2 Å². The molecule has 5 nitrogen and oxygen atoms in total. The third-order valence-corrected chi connectivity index (χ3v) is 5.37. The molecule has 0 spiro atoms. The first-order valence-corrected chi connectivity index (χ1v) is 9.07. The van der Waals surface area contributed by atoms with Crippen LogP contribution in [0.3, 0.4) is 0 Å². The van der Waals surface area contributed by atoms with Crippen molar-refractivity contribution in [2.24, 2.45) is 0 Å². The first-order valence-electron chi connectivity index (χ1n) is 9.07. The molecular weight excluding hydrogens is 345 g/mol. The van der Waals surface area contributed by atoms with Gasteiger partial charge in [-0.1, -0.05) is 12.1 Å². The van der Waals surface area contributed by atoms with E-state index in [1.54, 1.807) is 18.3 Å². The van der Waals surface area contributed by atoms with Crippen LogP contribution in [0.4, 0.5) is 4.39 Å². The number of hydrogen-bond acceptors (Lipinski definition) is 3. The monoisotopic (exact) mass is 363 g/mol. The molecule has 0 amide bonds. The summed E-state index contributed by atoms with van der Waals surface area (Å²) in [6.07, 6.45) is 3.45. The Labute approximate surface area is 154 Å². The van der Waals surface area contributed by atoms with E-state index in [0.29, 0.717) is 18.6 Å². The Bertz CT molecular complexity index is 1190. The highest BCUT2D eigenvalue weighted by Crippen LogP contribution is 2.38. The summed E-state index contributed by atoms with van der Waals surface area (Å²) >= 11 is 0. The molecule has 3 heterocycles. The number of ether oxygens (including phenoxy) is 1. The van der Waals surface area contributed by atoms with E-state index in [0.717, 1.165) is 46.0 Å². The number of nitrogens with zero attached hydrogens (tertiary/aromatic N) is 1. The smallest absolute Gasteiger partial charge is 0.256 e. The van der Waals surface area contributed by atoms with Gasteiger partial charge in [0.1, 0.15) is 5.82 Å². The Morgan fingerprint density at radius 2 is 1.85 bits per heavy atom. The van der Waals surface area contributed by atoms with Crippen LogP contribution in [0.2, 0.25) is 0 Å². The second-order valence-electron chi connectivity index (χ2n) is 6.99. The van der Waals surface area contributed by atoms with Gasteiger partial charge in [-0.2, -0.15) is 5.10 Å². The molecule has 0 unspecified atom stereocenters. The molecular formula is C21H18FN3O2. The molecule has 4 aromatic rings. The van der Waals surface area contributed by atoms with Gasteiger partial charge < -0.3 is 9.72 Å². The highest BCUT2D eigenvalue weighted by molar-refractivity contribution is 6.04. The van der Waals surface area contributed by atoms with E-state index < -0.39 is 0 Å². The summed E-state index contributed by atoms with van der Waals surface area (Å²) in [5, 5.41) is 9.39. The molecule has 0 saturated carbocycles. The largest absolute Gasteiger partial charge is 0.381 e. The Kier molecular flexibility index (Phi) is 3.79. The first-order chi connectivity index (χ1) is 13.2. The van der Waals surface area contributed by atoms with Crippen LogP contribution in [-0.2, 0) is 4.74 Å². The van der Waals surface area contributed by atoms with E-state index in [-0.39, 0.29) is 17.3 Å². The molecule has 2 aromatic carbocycles. The molecule has 27 heavy (non-hydrogen) atoms. The minimum atomic E-state index is -0.280. The molecule has 5 rings (SSSR count). The molecule has 2 aromatic heterocycles. The Morgan fingerprint density at radius 3 is 2.63 bits per heavy atom. The zero-order valence-corrected chi connectivity index (χ0v) is 14.6. The van der Waals surface area contributed by atoms with Crippen molar-refractivity contribution in [3.8, 4) is 11.1 Å². The zero-order chi connectivity index (χ0) is 18.4. The molecule has 136 valence electrons. The molecule has 0 atom stereocenters. The average Bonchev–Trinajstić information content (AvgIpc) is 3.16. The summed E-state index contributed by atoms with van der Waals surface area (Å²) in [5.74, 6) is -0.0757. The van der Waals surface area contributed by atoms with Gasteiger partial charge in [-0.05, 0) is 48.1 Å². The maximum atomic E-state index is 13.5. The van der Waals surface area contributed by atoms with Crippen molar-refractivity contribution in [3.63, 3.8) is 0 Å². The molecule has 0 radical (unpaired) electrons. The lowest BCUT2D eigenvalue weighted by Gasteiger charge is -2.25. The van der Waals surface area contributed by atoms with Crippen molar-refractivity contribution < 1.29 is 9.13 Å². The number of H-pyrrole nitrogens is 2. The van der Waals surface area contributed by atoms with Crippen molar-refractivity contribution in [1.82, 2.24) is 15.2 Å². The average molecular weight is 363 g/mol. The predicted octanol–water partition coefficient (Wildman–Crippen LogP) is 4.10. The molecule has 6 heteroatoms. The third-order valence-electron chi connectivity index (χ3n) is 5.37. The Balaban J connectivity index is 1.86. The predicted molar refractivity (Wildman–Crippen MR) is 102 cm³/mol. The Hall–Kier alpha value is -2.99. The highest BCUT2D eigenvalue weighted by atomic mass is 19.1. The van der Waals surface area contributed by atoms with Gasteiger partial charge >= 0.3 is 0 Å². The molecule has 0 bridgehead atoms. The van der Waals surface area contributed by atoms with Crippen molar-refractivity contribution in [1.29, 1.82) is 0 Å². The number of fused-ring (bicyclic) bond motifs is 2. The number of nitrogens with one attached hydrogen (secondary N) is 2. The maximum Gasteiger partial charge on any atom is 0.256 e. The summed E-state index contributed by atoms with van der Waals surface area (Å²) in [5.41, 5.74) is 3.46. The zero-order valence-electron chi connectivity index (χ0n) is 14.6. The van der Waals surface area contributed by atoms with Crippen molar-refractivity contribution in [3.05, 3.63) is 64.5 Å². The van der Waals surface area contributed by atoms with Gasteiger partial charge in [-0.15, -0.1) is 0 Å². The van der Waals surface area contributed by atoms with Crippen LogP contribution in [0.25, 0.3) is 32.8 Å². The van der Waals surface area contributed by atoms with Crippen LogP contribution in [0.15, 0.2) is 47.4 Å². The minimum Gasteiger partial charge on any atom is -0.381 e. The third kappa shape index (κ3) is 2.73. The molecule has 1 aliphatic rings. The summed E-state index contributed by atoms with van der Waals surface area (Å²) < 4.78 is 19.0. The minimum absolute atomic E-state index is 0.117. The van der Waals surface area contributed by atoms with E-state index >= 15 is 0 Å². The van der Waals surface area contributed by atoms with E-state index in [9.17, 15) is 9.18 Å². The fourth-order valence-corrected chi connectivity index (χ4v) is 4.00. The van der Waals surface area contributed by atoms with Gasteiger partial charge in [-0.25, -0.2) is 4.39 Å². The number of aromatic nitrogens is 3. The summed E-state index contributed by atoms with van der Waals surface area (Å²) in [6, 6.07) is 10.3. The lowest BCUT2D eigenvalue weighted by atomic mass is 9.87. The second-order valence-corrected chi connectivity index (χ2v) is 6.99. The van der Waals surface area contributed by atoms with E-state index in [2.05, 4.69) is 15.2 Å². The van der Waals surface area contributed by atoms with E-state index in [1.807, 2.05) is 12.1 Å². The molecule has 2 N–H and O–H groups in total. The number of rotatable bonds is 2. The first kappa shape index (κ1) is 16.2. The maximum absolute atomic E-state index is 13.5. The topological polar surface area (TPSA) is 70.8 Å². The van der Waals surface area contributed by atoms with Crippen LogP contribution in [-0.4, -0.2) is 28.4 Å². The van der Waals surface area contributed by atoms with Gasteiger partial charge in [0.05, 0.1) is 11.7 Å². The number of aromatic amines is 2. The fourth-order valence-electron chi connectivity index (χ4n) is 4.00. The molecule has 0 aliphatic carbocycles. The Morgan fingerprint density at radius 1 is 1.07 bits per heavy atom.